The Balaban J connectivity index is 2.60. The molecule has 0 N–H and O–H groups in total. The molecule has 0 bridgehead atoms. The molecular weight excluding hydrogens is 118 g/mol. The fourth-order valence-corrected chi connectivity index (χ4v) is 0.374. The number of hydrogen-bond donors (Lipinski definition) is 0. The molecule has 2 nitrogen and oxygen atoms in total. The van der Waals surface area contributed by atoms with E-state index in [1.165, 1.54) is 6.92 Å². The topological polar surface area (TPSA) is 18.5 Å². The van der Waals surface area contributed by atoms with Gasteiger partial charge >= 0.3 is 12.6 Å². The van der Waals surface area contributed by atoms with Gasteiger partial charge in [0.25, 0.3) is 0 Å². The summed E-state index contributed by atoms with van der Waals surface area (Å²) in [5.74, 6) is -0.141. The Labute approximate surface area is 44.7 Å². The Kier molecular flexibility index (Phi) is 1.08. The average Bonchev–Trinajstić information content (AvgIpc) is 1.85. The first kappa shape index (κ1) is 5.34. The summed E-state index contributed by atoms with van der Waals surface area (Å²) in [7, 11) is 0. The van der Waals surface area contributed by atoms with Crippen molar-refractivity contribution >= 4 is 0 Å². The predicted molar refractivity (Wildman–Crippen MR) is 20.9 cm³/mol. The number of alkyl halides is 1. The van der Waals surface area contributed by atoms with Crippen LogP contribution in [0, 0.1) is 0 Å². The first-order valence-electron chi connectivity index (χ1n) is 2.04. The minimum Gasteiger partial charge on any atom is -0.427 e. The SMILES string of the molecule is CC1=C(F)OC(F)O1. The molecule has 1 aliphatic heterocycles. The minimum absolute atomic E-state index is 0.141. The van der Waals surface area contributed by atoms with Gasteiger partial charge < -0.3 is 9.47 Å². The lowest BCUT2D eigenvalue weighted by Crippen LogP contribution is -1.97. The van der Waals surface area contributed by atoms with Crippen LogP contribution < -0.4 is 0 Å². The maximum atomic E-state index is 11.9. The molecule has 0 aromatic rings. The van der Waals surface area contributed by atoms with E-state index in [2.05, 4.69) is 9.47 Å². The van der Waals surface area contributed by atoms with Crippen LogP contribution in [0.2, 0.25) is 0 Å². The molecule has 0 aromatic heterocycles. The summed E-state index contributed by atoms with van der Waals surface area (Å²) in [4.78, 5) is 0. The van der Waals surface area contributed by atoms with Gasteiger partial charge in [0.15, 0.2) is 5.76 Å². The molecule has 46 valence electrons. The zero-order valence-corrected chi connectivity index (χ0v) is 4.15. The third-order valence-corrected chi connectivity index (χ3v) is 0.742. The van der Waals surface area contributed by atoms with E-state index in [1.807, 2.05) is 0 Å². The van der Waals surface area contributed by atoms with E-state index in [-0.39, 0.29) is 5.76 Å². The minimum atomic E-state index is -1.95. The van der Waals surface area contributed by atoms with Gasteiger partial charge in [-0.3, -0.25) is 0 Å². The molecule has 0 spiro atoms. The van der Waals surface area contributed by atoms with E-state index in [0.29, 0.717) is 0 Å². The van der Waals surface area contributed by atoms with Crippen LogP contribution in [0.4, 0.5) is 8.78 Å². The second kappa shape index (κ2) is 1.61. The number of halogens is 2. The molecule has 0 saturated carbocycles. The van der Waals surface area contributed by atoms with E-state index >= 15 is 0 Å². The second-order valence-electron chi connectivity index (χ2n) is 1.34. The van der Waals surface area contributed by atoms with E-state index in [9.17, 15) is 8.78 Å². The molecule has 4 heteroatoms. The van der Waals surface area contributed by atoms with Crippen LogP contribution in [-0.4, -0.2) is 6.54 Å². The standard InChI is InChI=1S/C4H4F2O2/c1-2-3(5)8-4(6)7-2/h4H,1H3. The highest BCUT2D eigenvalue weighted by molar-refractivity contribution is 4.92. The van der Waals surface area contributed by atoms with E-state index in [0.717, 1.165) is 0 Å². The highest BCUT2D eigenvalue weighted by Crippen LogP contribution is 2.22. The highest BCUT2D eigenvalue weighted by atomic mass is 19.2. The van der Waals surface area contributed by atoms with Crippen molar-refractivity contribution in [1.29, 1.82) is 0 Å². The molecule has 1 heterocycles. The van der Waals surface area contributed by atoms with Crippen LogP contribution in [-0.2, 0) is 9.47 Å². The molecule has 0 radical (unpaired) electrons. The number of allylic oxidation sites excluding steroid dienone is 1. The van der Waals surface area contributed by atoms with E-state index < -0.39 is 12.6 Å². The highest BCUT2D eigenvalue weighted by Gasteiger charge is 2.22. The molecule has 8 heavy (non-hydrogen) atoms. The molecule has 0 amide bonds. The number of ether oxygens (including phenoxy) is 2. The zero-order valence-electron chi connectivity index (χ0n) is 4.15. The van der Waals surface area contributed by atoms with Crippen molar-refractivity contribution < 1.29 is 18.3 Å². The van der Waals surface area contributed by atoms with Gasteiger partial charge in [0, 0.05) is 0 Å². The molecule has 1 atom stereocenters. The number of rotatable bonds is 0. The van der Waals surface area contributed by atoms with Crippen molar-refractivity contribution in [3.05, 3.63) is 11.8 Å². The summed E-state index contributed by atoms with van der Waals surface area (Å²) < 4.78 is 31.4. The lowest BCUT2D eigenvalue weighted by atomic mass is 10.6. The largest absolute Gasteiger partial charge is 0.427 e. The summed E-state index contributed by atoms with van der Waals surface area (Å²) in [5.41, 5.74) is 0. The molecule has 1 aliphatic rings. The third-order valence-electron chi connectivity index (χ3n) is 0.742. The third kappa shape index (κ3) is 0.731. The monoisotopic (exact) mass is 122 g/mol. The summed E-state index contributed by atoms with van der Waals surface area (Å²) >= 11 is 0. The lowest BCUT2D eigenvalue weighted by molar-refractivity contribution is -0.143. The van der Waals surface area contributed by atoms with Gasteiger partial charge in [-0.25, -0.2) is 0 Å². The van der Waals surface area contributed by atoms with Gasteiger partial charge in [-0.15, -0.1) is 0 Å². The van der Waals surface area contributed by atoms with Crippen LogP contribution in [0.5, 0.6) is 0 Å². The van der Waals surface area contributed by atoms with Crippen molar-refractivity contribution in [1.82, 2.24) is 0 Å². The van der Waals surface area contributed by atoms with Crippen molar-refractivity contribution in [3.63, 3.8) is 0 Å². The zero-order chi connectivity index (χ0) is 6.15. The summed E-state index contributed by atoms with van der Waals surface area (Å²) in [5, 5.41) is 0. The molecule has 0 aromatic carbocycles. The fourth-order valence-electron chi connectivity index (χ4n) is 0.374. The van der Waals surface area contributed by atoms with Crippen LogP contribution in [0.25, 0.3) is 0 Å². The maximum absolute atomic E-state index is 11.9. The Morgan fingerprint density at radius 3 is 2.25 bits per heavy atom. The van der Waals surface area contributed by atoms with Crippen molar-refractivity contribution in [2.24, 2.45) is 0 Å². The lowest BCUT2D eigenvalue weighted by Gasteiger charge is -1.95. The molecule has 1 rings (SSSR count). The van der Waals surface area contributed by atoms with Gasteiger partial charge in [0.2, 0.25) is 0 Å². The van der Waals surface area contributed by atoms with Crippen LogP contribution in [0.15, 0.2) is 11.8 Å². The quantitative estimate of drug-likeness (QED) is 0.484. The molecule has 0 aliphatic carbocycles. The van der Waals surface area contributed by atoms with Crippen molar-refractivity contribution in [3.8, 4) is 0 Å². The van der Waals surface area contributed by atoms with Crippen LogP contribution in [0.3, 0.4) is 0 Å². The second-order valence-corrected chi connectivity index (χ2v) is 1.34. The van der Waals surface area contributed by atoms with E-state index in [4.69, 9.17) is 0 Å². The molecule has 0 fully saturated rings. The summed E-state index contributed by atoms with van der Waals surface area (Å²) in [6, 6.07) is -0.975. The van der Waals surface area contributed by atoms with Crippen LogP contribution >= 0.6 is 0 Å². The molecule has 0 saturated heterocycles. The predicted octanol–water partition coefficient (Wildman–Crippen LogP) is 1.44. The normalized spacial score (nSPS) is 27.6. The van der Waals surface area contributed by atoms with Crippen molar-refractivity contribution in [2.45, 2.75) is 13.5 Å². The Hall–Kier alpha value is -0.800. The van der Waals surface area contributed by atoms with Gasteiger partial charge in [-0.2, -0.15) is 8.78 Å². The van der Waals surface area contributed by atoms with Gasteiger partial charge in [-0.05, 0) is 6.92 Å². The van der Waals surface area contributed by atoms with Gasteiger partial charge in [0.1, 0.15) is 0 Å². The average molecular weight is 122 g/mol. The number of hydrogen-bond acceptors (Lipinski definition) is 2. The fraction of sp³-hybridized carbons (Fsp3) is 0.500. The summed E-state index contributed by atoms with van der Waals surface area (Å²) in [6.45, 7) is -0.662. The first-order valence-corrected chi connectivity index (χ1v) is 2.04. The smallest absolute Gasteiger partial charge is 0.398 e. The summed E-state index contributed by atoms with van der Waals surface area (Å²) in [6.07, 6.45) is 0. The maximum Gasteiger partial charge on any atom is 0.398 e. The Bertz CT molecular complexity index is 118. The van der Waals surface area contributed by atoms with Crippen molar-refractivity contribution in [2.75, 3.05) is 0 Å². The first-order chi connectivity index (χ1) is 3.70. The van der Waals surface area contributed by atoms with E-state index in [1.54, 1.807) is 0 Å². The van der Waals surface area contributed by atoms with Crippen LogP contribution in [0.1, 0.15) is 6.92 Å². The van der Waals surface area contributed by atoms with Gasteiger partial charge in [0.05, 0.1) is 0 Å². The Morgan fingerprint density at radius 1 is 1.50 bits per heavy atom. The Morgan fingerprint density at radius 2 is 2.12 bits per heavy atom. The van der Waals surface area contributed by atoms with Gasteiger partial charge in [-0.1, -0.05) is 0 Å². The molecular formula is C4H4F2O2. The molecule has 1 unspecified atom stereocenters.